The molecule has 1 saturated heterocycles. The maximum Gasteiger partial charge on any atom is 0.399 e. The molecule has 0 saturated carbocycles. The van der Waals surface area contributed by atoms with Crippen molar-refractivity contribution in [1.82, 2.24) is 10.2 Å². The summed E-state index contributed by atoms with van der Waals surface area (Å²) >= 11 is 2.19. The van der Waals surface area contributed by atoms with Crippen LogP contribution in [0, 0.1) is 8.99 Å². The molecule has 46 heavy (non-hydrogen) atoms. The van der Waals surface area contributed by atoms with Crippen molar-refractivity contribution in [2.45, 2.75) is 51.4 Å². The van der Waals surface area contributed by atoms with Gasteiger partial charge in [-0.3, -0.25) is 23.8 Å². The lowest BCUT2D eigenvalue weighted by Crippen LogP contribution is -2.57. The fraction of sp³-hybridized carbons (Fsp3) is 0.303. The Morgan fingerprint density at radius 3 is 2.13 bits per heavy atom. The van der Waals surface area contributed by atoms with E-state index >= 15 is 0 Å². The number of hydrogen-bond acceptors (Lipinski definition) is 4. The number of nitrogens with one attached hydrogen (secondary N) is 1. The van der Waals surface area contributed by atoms with Crippen LogP contribution in [0.3, 0.4) is 0 Å². The number of hydrogen-bond donors (Lipinski definition) is 3. The molecule has 9 nitrogen and oxygen atoms in total. The Balaban J connectivity index is 1.53. The van der Waals surface area contributed by atoms with Crippen LogP contribution in [-0.4, -0.2) is 51.0 Å². The van der Waals surface area contributed by atoms with Gasteiger partial charge in [-0.1, -0.05) is 63.2 Å². The molecule has 0 radical (unpaired) electrons. The lowest BCUT2D eigenvalue weighted by Gasteiger charge is -2.36. The van der Waals surface area contributed by atoms with Crippen LogP contribution in [0.2, 0.25) is 0 Å². The molecule has 3 aromatic rings. The largest absolute Gasteiger partial charge is 0.399 e. The van der Waals surface area contributed by atoms with Crippen molar-refractivity contribution in [2.75, 3.05) is 11.4 Å². The zero-order chi connectivity index (χ0) is 33.9. The lowest BCUT2D eigenvalue weighted by atomic mass is 9.85. The van der Waals surface area contributed by atoms with Gasteiger partial charge in [-0.2, -0.15) is 8.78 Å². The number of para-hydroxylation sites is 1. The molecule has 2 atom stereocenters. The van der Waals surface area contributed by atoms with Gasteiger partial charge in [0.1, 0.15) is 12.1 Å². The number of carbonyl (C=O) groups is 3. The first-order valence-electron chi connectivity index (χ1n) is 14.5. The van der Waals surface area contributed by atoms with Gasteiger partial charge in [0, 0.05) is 33.1 Å². The van der Waals surface area contributed by atoms with Crippen LogP contribution in [-0.2, 0) is 24.6 Å². The topological polar surface area (TPSA) is 127 Å². The van der Waals surface area contributed by atoms with Crippen molar-refractivity contribution >= 4 is 65.4 Å². The van der Waals surface area contributed by atoms with Gasteiger partial charge in [0.25, 0.3) is 5.91 Å². The molecule has 3 aromatic carbocycles. The van der Waals surface area contributed by atoms with Crippen LogP contribution in [0.5, 0.6) is 0 Å². The third kappa shape index (κ3) is 8.09. The van der Waals surface area contributed by atoms with E-state index in [0.29, 0.717) is 36.3 Å². The summed E-state index contributed by atoms with van der Waals surface area (Å²) in [5.41, 5.74) is -4.29. The highest BCUT2D eigenvalue weighted by Crippen LogP contribution is 2.59. The van der Waals surface area contributed by atoms with Crippen LogP contribution in [0.25, 0.3) is 6.08 Å². The third-order valence-corrected chi connectivity index (χ3v) is 9.30. The van der Waals surface area contributed by atoms with E-state index in [1.54, 1.807) is 25.7 Å². The van der Waals surface area contributed by atoms with E-state index in [4.69, 9.17) is 9.79 Å². The van der Waals surface area contributed by atoms with Gasteiger partial charge >= 0.3 is 13.3 Å². The highest BCUT2D eigenvalue weighted by molar-refractivity contribution is 14.1. The fourth-order valence-electron chi connectivity index (χ4n) is 5.15. The number of carbonyl (C=O) groups excluding carboxylic acids is 3. The molecular formula is C33H35F2IN3O6P. The molecule has 1 fully saturated rings. The smallest absolute Gasteiger partial charge is 0.340 e. The Bertz CT molecular complexity index is 1640. The molecule has 1 heterocycles. The second-order valence-corrected chi connectivity index (χ2v) is 14.9. The molecule has 0 bridgehead atoms. The van der Waals surface area contributed by atoms with Crippen LogP contribution in [0.15, 0.2) is 84.9 Å². The summed E-state index contributed by atoms with van der Waals surface area (Å²) in [5, 5.41) is 2.75. The van der Waals surface area contributed by atoms with Crippen molar-refractivity contribution in [3.63, 3.8) is 0 Å². The number of amides is 3. The standard InChI is InChI=1S/C33H35F2IN3O6P/c1-32(2,3)29(37-28(40)20-13-22-11-14-23(15-12-22)33(34,35)46(43,44)45)31(42)38-21-7-10-27(38)30(41)39(25-8-5-4-6-9-25)26-18-16-24(36)17-19-26/h4-6,8-9,11-20,27,29H,7,10,21H2,1-3H3,(H,37,40)(H2,43,44,45)/b20-13+/t27-,29+/m0/s1. The lowest BCUT2D eigenvalue weighted by molar-refractivity contribution is -0.142. The zero-order valence-corrected chi connectivity index (χ0v) is 28.5. The number of halogens is 3. The van der Waals surface area contributed by atoms with Gasteiger partial charge in [0.15, 0.2) is 0 Å². The first kappa shape index (κ1) is 35.4. The Morgan fingerprint density at radius 1 is 0.978 bits per heavy atom. The maximum absolute atomic E-state index is 14.2. The first-order chi connectivity index (χ1) is 21.5. The molecule has 0 aliphatic carbocycles. The van der Waals surface area contributed by atoms with E-state index in [-0.39, 0.29) is 5.91 Å². The van der Waals surface area contributed by atoms with Crippen molar-refractivity contribution in [3.8, 4) is 0 Å². The molecule has 3 N–H and O–H groups in total. The van der Waals surface area contributed by atoms with E-state index in [0.717, 1.165) is 21.8 Å². The van der Waals surface area contributed by atoms with Crippen molar-refractivity contribution in [1.29, 1.82) is 0 Å². The number of anilines is 2. The maximum atomic E-state index is 14.2. The predicted molar refractivity (Wildman–Crippen MR) is 180 cm³/mol. The Hall–Kier alpha value is -3.45. The average molecular weight is 766 g/mol. The minimum atomic E-state index is -5.71. The molecule has 13 heteroatoms. The van der Waals surface area contributed by atoms with Crippen LogP contribution >= 0.6 is 30.2 Å². The van der Waals surface area contributed by atoms with E-state index < -0.39 is 48.1 Å². The van der Waals surface area contributed by atoms with Crippen LogP contribution < -0.4 is 10.2 Å². The average Bonchev–Trinajstić information content (AvgIpc) is 3.49. The Labute approximate surface area is 280 Å². The molecule has 0 unspecified atom stereocenters. The molecule has 0 spiro atoms. The number of alkyl halides is 2. The number of benzene rings is 3. The molecule has 244 valence electrons. The number of nitrogens with zero attached hydrogens (tertiary/aromatic N) is 2. The predicted octanol–water partition coefficient (Wildman–Crippen LogP) is 6.42. The van der Waals surface area contributed by atoms with Crippen LogP contribution in [0.1, 0.15) is 44.7 Å². The normalized spacial score (nSPS) is 16.3. The monoisotopic (exact) mass is 765 g/mol. The molecular weight excluding hydrogens is 730 g/mol. The SMILES string of the molecule is CC(C)(C)[C@H](NC(=O)/C=C/c1ccc(C(F)(F)P(=O)(O)O)cc1)C(=O)N1CCC[C@H]1C(=O)N(c1ccccc1)c1ccc(I)cc1. The van der Waals surface area contributed by atoms with Gasteiger partial charge in [-0.05, 0) is 88.9 Å². The molecule has 4 rings (SSSR count). The summed E-state index contributed by atoms with van der Waals surface area (Å²) in [5.74, 6) is -1.28. The summed E-state index contributed by atoms with van der Waals surface area (Å²) in [6.45, 7) is 5.74. The van der Waals surface area contributed by atoms with Crippen molar-refractivity contribution in [3.05, 3.63) is 99.6 Å². The molecule has 1 aliphatic heterocycles. The zero-order valence-electron chi connectivity index (χ0n) is 25.4. The van der Waals surface area contributed by atoms with Crippen molar-refractivity contribution < 1.29 is 37.5 Å². The van der Waals surface area contributed by atoms with Gasteiger partial charge < -0.3 is 20.0 Å². The fourth-order valence-corrected chi connectivity index (χ4v) is 5.99. The summed E-state index contributed by atoms with van der Waals surface area (Å²) in [6.07, 6.45) is 3.54. The van der Waals surface area contributed by atoms with Crippen LogP contribution in [0.4, 0.5) is 20.2 Å². The van der Waals surface area contributed by atoms with E-state index in [1.807, 2.05) is 54.6 Å². The molecule has 1 aliphatic rings. The minimum Gasteiger partial charge on any atom is -0.340 e. The van der Waals surface area contributed by atoms with Gasteiger partial charge in [-0.15, -0.1) is 0 Å². The summed E-state index contributed by atoms with van der Waals surface area (Å²) in [4.78, 5) is 62.3. The highest BCUT2D eigenvalue weighted by Gasteiger charge is 2.50. The number of rotatable bonds is 9. The summed E-state index contributed by atoms with van der Waals surface area (Å²) < 4.78 is 40.1. The van der Waals surface area contributed by atoms with E-state index in [9.17, 15) is 27.7 Å². The Morgan fingerprint density at radius 2 is 1.57 bits per heavy atom. The summed E-state index contributed by atoms with van der Waals surface area (Å²) in [6, 6.07) is 19.1. The summed E-state index contributed by atoms with van der Waals surface area (Å²) in [7, 11) is -5.71. The number of likely N-dealkylation sites (tertiary alicyclic amines) is 1. The molecule has 3 amide bonds. The third-order valence-electron chi connectivity index (χ3n) is 7.59. The van der Waals surface area contributed by atoms with E-state index in [2.05, 4.69) is 27.9 Å². The van der Waals surface area contributed by atoms with Crippen molar-refractivity contribution in [2.24, 2.45) is 5.41 Å². The van der Waals surface area contributed by atoms with E-state index in [1.165, 1.54) is 23.1 Å². The highest BCUT2D eigenvalue weighted by atomic mass is 127. The minimum absolute atomic E-state index is 0.259. The quantitative estimate of drug-likeness (QED) is 0.131. The van der Waals surface area contributed by atoms with Gasteiger partial charge in [0.05, 0.1) is 0 Å². The molecule has 0 aromatic heterocycles. The second-order valence-electron chi connectivity index (χ2n) is 12.0. The van der Waals surface area contributed by atoms with Gasteiger partial charge in [0.2, 0.25) is 11.8 Å². The van der Waals surface area contributed by atoms with Gasteiger partial charge in [-0.25, -0.2) is 0 Å². The second kappa shape index (κ2) is 14.1. The Kier molecular flexibility index (Phi) is 10.9. The first-order valence-corrected chi connectivity index (χ1v) is 17.2.